The van der Waals surface area contributed by atoms with E-state index in [1.165, 1.54) is 12.1 Å². The number of pyridine rings is 1. The molecule has 0 saturated heterocycles. The number of benzene rings is 1. The van der Waals surface area contributed by atoms with Crippen LogP contribution in [0.4, 0.5) is 24.7 Å². The van der Waals surface area contributed by atoms with Gasteiger partial charge in [0.25, 0.3) is 5.91 Å². The summed E-state index contributed by atoms with van der Waals surface area (Å²) in [6, 6.07) is 7.46. The van der Waals surface area contributed by atoms with E-state index in [-0.39, 0.29) is 23.3 Å². The van der Waals surface area contributed by atoms with Crippen LogP contribution in [0.15, 0.2) is 42.6 Å². The third-order valence-corrected chi connectivity index (χ3v) is 4.92. The summed E-state index contributed by atoms with van der Waals surface area (Å²) in [4.78, 5) is 16.8. The number of aliphatic hydroxyl groups excluding tert-OH is 1. The maximum absolute atomic E-state index is 12.6. The maximum Gasteiger partial charge on any atom is 0.416 e. The molecular formula is C20H22F3N3O2. The van der Waals surface area contributed by atoms with E-state index in [1.54, 1.807) is 18.3 Å². The zero-order valence-corrected chi connectivity index (χ0v) is 15.2. The van der Waals surface area contributed by atoms with E-state index in [1.807, 2.05) is 0 Å². The van der Waals surface area contributed by atoms with Crippen molar-refractivity contribution < 1.29 is 23.1 Å². The zero-order valence-electron chi connectivity index (χ0n) is 15.2. The van der Waals surface area contributed by atoms with Gasteiger partial charge in [-0.3, -0.25) is 4.79 Å². The number of aliphatic hydroxyl groups is 1. The molecule has 1 saturated carbocycles. The Labute approximate surface area is 161 Å². The van der Waals surface area contributed by atoms with Crippen LogP contribution in [0.3, 0.4) is 0 Å². The summed E-state index contributed by atoms with van der Waals surface area (Å²) in [6.07, 6.45) is 0.523. The summed E-state index contributed by atoms with van der Waals surface area (Å²) in [5.74, 6) is 0.00539. The average molecular weight is 393 g/mol. The molecule has 1 aliphatic rings. The standard InChI is InChI=1S/C20H22F3N3O2/c21-20(22,23)14-7-9-15(10-8-14)26-19(28)16-5-3-11-24-18(16)25-12-13-4-1-2-6-17(13)27/h3,5,7-11,13,17,27H,1-2,4,6,12H2,(H,24,25)(H,26,28)/t13-,17+/m1/s1. The fourth-order valence-corrected chi connectivity index (χ4v) is 3.32. The fraction of sp³-hybridized carbons (Fsp3) is 0.400. The molecule has 8 heteroatoms. The van der Waals surface area contributed by atoms with Crippen LogP contribution in [0.5, 0.6) is 0 Å². The third kappa shape index (κ3) is 5.01. The van der Waals surface area contributed by atoms with Gasteiger partial charge in [-0.2, -0.15) is 13.2 Å². The SMILES string of the molecule is O=C(Nc1ccc(C(F)(F)F)cc1)c1cccnc1NC[C@H]1CCCC[C@@H]1O. The van der Waals surface area contributed by atoms with E-state index in [2.05, 4.69) is 15.6 Å². The van der Waals surface area contributed by atoms with Gasteiger partial charge in [-0.15, -0.1) is 0 Å². The summed E-state index contributed by atoms with van der Waals surface area (Å²) in [6.45, 7) is 0.499. The Morgan fingerprint density at radius 2 is 1.86 bits per heavy atom. The number of halogens is 3. The first-order valence-electron chi connectivity index (χ1n) is 9.20. The molecule has 5 nitrogen and oxygen atoms in total. The Kier molecular flexibility index (Phi) is 6.18. The summed E-state index contributed by atoms with van der Waals surface area (Å²) < 4.78 is 37.9. The maximum atomic E-state index is 12.6. The molecule has 1 aliphatic carbocycles. The Morgan fingerprint density at radius 3 is 2.54 bits per heavy atom. The molecule has 1 aromatic heterocycles. The minimum absolute atomic E-state index is 0.0987. The number of hydrogen-bond acceptors (Lipinski definition) is 4. The minimum Gasteiger partial charge on any atom is -0.393 e. The normalized spacial score (nSPS) is 19.9. The van der Waals surface area contributed by atoms with E-state index in [0.717, 1.165) is 37.8 Å². The van der Waals surface area contributed by atoms with Crippen molar-refractivity contribution in [1.82, 2.24) is 4.98 Å². The Bertz CT molecular complexity index is 809. The molecular weight excluding hydrogens is 371 g/mol. The van der Waals surface area contributed by atoms with Gasteiger partial charge in [-0.1, -0.05) is 12.8 Å². The van der Waals surface area contributed by atoms with Crippen molar-refractivity contribution in [1.29, 1.82) is 0 Å². The number of alkyl halides is 3. The lowest BCUT2D eigenvalue weighted by Crippen LogP contribution is -2.31. The van der Waals surface area contributed by atoms with Gasteiger partial charge < -0.3 is 15.7 Å². The molecule has 3 N–H and O–H groups in total. The molecule has 0 unspecified atom stereocenters. The smallest absolute Gasteiger partial charge is 0.393 e. The second kappa shape index (κ2) is 8.60. The second-order valence-electron chi connectivity index (χ2n) is 6.92. The summed E-state index contributed by atoms with van der Waals surface area (Å²) in [5, 5.41) is 15.8. The summed E-state index contributed by atoms with van der Waals surface area (Å²) >= 11 is 0. The first kappa shape index (κ1) is 20.1. The van der Waals surface area contributed by atoms with Crippen LogP contribution in [0.25, 0.3) is 0 Å². The molecule has 1 aromatic carbocycles. The van der Waals surface area contributed by atoms with Gasteiger partial charge in [-0.05, 0) is 49.2 Å². The largest absolute Gasteiger partial charge is 0.416 e. The third-order valence-electron chi connectivity index (χ3n) is 4.92. The zero-order chi connectivity index (χ0) is 20.1. The molecule has 1 amide bonds. The molecule has 2 atom stereocenters. The van der Waals surface area contributed by atoms with Gasteiger partial charge in [0.15, 0.2) is 0 Å². The lowest BCUT2D eigenvalue weighted by atomic mass is 9.86. The van der Waals surface area contributed by atoms with Crippen LogP contribution in [0.2, 0.25) is 0 Å². The number of amides is 1. The first-order valence-corrected chi connectivity index (χ1v) is 9.20. The Morgan fingerprint density at radius 1 is 1.14 bits per heavy atom. The molecule has 1 heterocycles. The lowest BCUT2D eigenvalue weighted by molar-refractivity contribution is -0.137. The monoisotopic (exact) mass is 393 g/mol. The highest BCUT2D eigenvalue weighted by molar-refractivity contribution is 6.07. The summed E-state index contributed by atoms with van der Waals surface area (Å²) in [7, 11) is 0. The topological polar surface area (TPSA) is 74.2 Å². The molecule has 0 bridgehead atoms. The van der Waals surface area contributed by atoms with Crippen LogP contribution in [-0.4, -0.2) is 28.6 Å². The number of carbonyl (C=O) groups excluding carboxylic acids is 1. The highest BCUT2D eigenvalue weighted by Gasteiger charge is 2.30. The first-order chi connectivity index (χ1) is 13.3. The highest BCUT2D eigenvalue weighted by Crippen LogP contribution is 2.30. The molecule has 28 heavy (non-hydrogen) atoms. The predicted molar refractivity (Wildman–Crippen MR) is 100 cm³/mol. The van der Waals surface area contributed by atoms with Gasteiger partial charge in [0.05, 0.1) is 17.2 Å². The Hall–Kier alpha value is -2.61. The van der Waals surface area contributed by atoms with Crippen molar-refractivity contribution in [3.8, 4) is 0 Å². The number of nitrogens with zero attached hydrogens (tertiary/aromatic N) is 1. The number of nitrogens with one attached hydrogen (secondary N) is 2. The van der Waals surface area contributed by atoms with E-state index >= 15 is 0 Å². The van der Waals surface area contributed by atoms with E-state index in [9.17, 15) is 23.1 Å². The second-order valence-corrected chi connectivity index (χ2v) is 6.92. The van der Waals surface area contributed by atoms with Crippen LogP contribution in [0, 0.1) is 5.92 Å². The molecule has 0 radical (unpaired) electrons. The quantitative estimate of drug-likeness (QED) is 0.708. The minimum atomic E-state index is -4.42. The molecule has 2 aromatic rings. The number of aromatic nitrogens is 1. The van der Waals surface area contributed by atoms with Crippen molar-refractivity contribution in [2.45, 2.75) is 38.0 Å². The fourth-order valence-electron chi connectivity index (χ4n) is 3.32. The van der Waals surface area contributed by atoms with E-state index in [0.29, 0.717) is 12.4 Å². The van der Waals surface area contributed by atoms with Crippen LogP contribution >= 0.6 is 0 Å². The number of rotatable bonds is 5. The molecule has 0 aliphatic heterocycles. The van der Waals surface area contributed by atoms with Crippen molar-refractivity contribution in [2.75, 3.05) is 17.2 Å². The molecule has 150 valence electrons. The summed E-state index contributed by atoms with van der Waals surface area (Å²) in [5.41, 5.74) is -0.233. The molecule has 3 rings (SSSR count). The number of carbonyl (C=O) groups is 1. The highest BCUT2D eigenvalue weighted by atomic mass is 19.4. The van der Waals surface area contributed by atoms with Crippen LogP contribution in [0.1, 0.15) is 41.6 Å². The van der Waals surface area contributed by atoms with Crippen LogP contribution < -0.4 is 10.6 Å². The number of hydrogen-bond donors (Lipinski definition) is 3. The van der Waals surface area contributed by atoms with E-state index < -0.39 is 17.6 Å². The van der Waals surface area contributed by atoms with Gasteiger partial charge in [-0.25, -0.2) is 4.98 Å². The predicted octanol–water partition coefficient (Wildman–Crippen LogP) is 4.32. The molecule has 1 fully saturated rings. The number of anilines is 2. The van der Waals surface area contributed by atoms with Gasteiger partial charge in [0, 0.05) is 24.3 Å². The van der Waals surface area contributed by atoms with Crippen molar-refractivity contribution in [2.24, 2.45) is 5.92 Å². The van der Waals surface area contributed by atoms with Crippen LogP contribution in [-0.2, 0) is 6.18 Å². The van der Waals surface area contributed by atoms with Gasteiger partial charge in [0.2, 0.25) is 0 Å². The molecule has 0 spiro atoms. The average Bonchev–Trinajstić information content (AvgIpc) is 2.67. The van der Waals surface area contributed by atoms with Gasteiger partial charge >= 0.3 is 6.18 Å². The van der Waals surface area contributed by atoms with Gasteiger partial charge in [0.1, 0.15) is 5.82 Å². The van der Waals surface area contributed by atoms with E-state index in [4.69, 9.17) is 0 Å². The van der Waals surface area contributed by atoms with Crippen molar-refractivity contribution in [3.63, 3.8) is 0 Å². The Balaban J connectivity index is 1.67. The van der Waals surface area contributed by atoms with Crippen molar-refractivity contribution >= 4 is 17.4 Å². The van der Waals surface area contributed by atoms with Crippen molar-refractivity contribution in [3.05, 3.63) is 53.7 Å². The lowest BCUT2D eigenvalue weighted by Gasteiger charge is -2.28.